The molecular formula is C14H19ClN2O2S2. The molecule has 0 bridgehead atoms. The summed E-state index contributed by atoms with van der Waals surface area (Å²) in [4.78, 5) is -0.0505. The molecule has 0 aromatic heterocycles. The average molecular weight is 347 g/mol. The first kappa shape index (κ1) is 18.3. The molecule has 21 heavy (non-hydrogen) atoms. The number of rotatable bonds is 7. The third kappa shape index (κ3) is 4.36. The van der Waals surface area contributed by atoms with Crippen molar-refractivity contribution >= 4 is 33.4 Å². The van der Waals surface area contributed by atoms with E-state index in [9.17, 15) is 8.42 Å². The molecule has 0 spiro atoms. The van der Waals surface area contributed by atoms with Crippen molar-refractivity contribution < 1.29 is 8.42 Å². The van der Waals surface area contributed by atoms with Gasteiger partial charge in [-0.3, -0.25) is 0 Å². The minimum atomic E-state index is -3.73. The van der Waals surface area contributed by atoms with Crippen LogP contribution in [0.15, 0.2) is 23.1 Å². The SMILES string of the molecule is CCC(CC)(CNS(=O)(=O)c1cc(C#N)ccc1Cl)SC. The van der Waals surface area contributed by atoms with Crippen LogP contribution < -0.4 is 4.72 Å². The van der Waals surface area contributed by atoms with Gasteiger partial charge in [0.2, 0.25) is 10.0 Å². The number of benzene rings is 1. The lowest BCUT2D eigenvalue weighted by Crippen LogP contribution is -2.39. The predicted molar refractivity (Wildman–Crippen MR) is 88.2 cm³/mol. The molecule has 0 aliphatic rings. The first-order valence-corrected chi connectivity index (χ1v) is 9.67. The average Bonchev–Trinajstić information content (AvgIpc) is 2.49. The quantitative estimate of drug-likeness (QED) is 0.821. The van der Waals surface area contributed by atoms with Crippen molar-refractivity contribution in [2.75, 3.05) is 12.8 Å². The Morgan fingerprint density at radius 1 is 1.38 bits per heavy atom. The van der Waals surface area contributed by atoms with Crippen molar-refractivity contribution in [3.63, 3.8) is 0 Å². The van der Waals surface area contributed by atoms with E-state index in [0.29, 0.717) is 6.54 Å². The maximum Gasteiger partial charge on any atom is 0.242 e. The van der Waals surface area contributed by atoms with Gasteiger partial charge in [0.1, 0.15) is 4.90 Å². The van der Waals surface area contributed by atoms with E-state index in [2.05, 4.69) is 4.72 Å². The molecule has 0 saturated heterocycles. The molecule has 0 aliphatic carbocycles. The van der Waals surface area contributed by atoms with Crippen LogP contribution in [-0.4, -0.2) is 26.0 Å². The molecule has 1 N–H and O–H groups in total. The minimum absolute atomic E-state index is 0.0505. The Labute approximate surface area is 135 Å². The molecule has 4 nitrogen and oxygen atoms in total. The number of halogens is 1. The maximum absolute atomic E-state index is 12.4. The van der Waals surface area contributed by atoms with Gasteiger partial charge >= 0.3 is 0 Å². The van der Waals surface area contributed by atoms with Gasteiger partial charge in [-0.05, 0) is 37.3 Å². The van der Waals surface area contributed by atoms with Crippen LogP contribution in [-0.2, 0) is 10.0 Å². The summed E-state index contributed by atoms with van der Waals surface area (Å²) in [5.74, 6) is 0. The van der Waals surface area contributed by atoms with Gasteiger partial charge in [0.15, 0.2) is 0 Å². The van der Waals surface area contributed by atoms with Crippen LogP contribution in [0.2, 0.25) is 5.02 Å². The van der Waals surface area contributed by atoms with Gasteiger partial charge in [0, 0.05) is 11.3 Å². The zero-order valence-electron chi connectivity index (χ0n) is 12.3. The van der Waals surface area contributed by atoms with Crippen LogP contribution in [0.25, 0.3) is 0 Å². The highest BCUT2D eigenvalue weighted by Gasteiger charge is 2.28. The molecule has 7 heteroatoms. The van der Waals surface area contributed by atoms with E-state index in [1.54, 1.807) is 11.8 Å². The normalized spacial score (nSPS) is 12.1. The highest BCUT2D eigenvalue weighted by atomic mass is 35.5. The molecule has 1 aromatic rings. The third-order valence-electron chi connectivity index (χ3n) is 3.66. The van der Waals surface area contributed by atoms with Gasteiger partial charge in [-0.1, -0.05) is 25.4 Å². The number of sulfonamides is 1. The summed E-state index contributed by atoms with van der Waals surface area (Å²) in [6.07, 6.45) is 3.70. The summed E-state index contributed by atoms with van der Waals surface area (Å²) in [7, 11) is -3.73. The smallest absolute Gasteiger partial charge is 0.210 e. The summed E-state index contributed by atoms with van der Waals surface area (Å²) in [6.45, 7) is 4.41. The van der Waals surface area contributed by atoms with Gasteiger partial charge in [0.05, 0.1) is 16.7 Å². The van der Waals surface area contributed by atoms with E-state index in [-0.39, 0.29) is 20.2 Å². The monoisotopic (exact) mass is 346 g/mol. The fourth-order valence-electron chi connectivity index (χ4n) is 1.94. The summed E-state index contributed by atoms with van der Waals surface area (Å²) in [5.41, 5.74) is 0.266. The van der Waals surface area contributed by atoms with E-state index in [1.165, 1.54) is 18.2 Å². The van der Waals surface area contributed by atoms with Crippen LogP contribution in [0, 0.1) is 11.3 Å². The van der Waals surface area contributed by atoms with E-state index >= 15 is 0 Å². The molecule has 0 atom stereocenters. The Morgan fingerprint density at radius 3 is 2.48 bits per heavy atom. The predicted octanol–water partition coefficient (Wildman–Crippen LogP) is 3.41. The topological polar surface area (TPSA) is 70.0 Å². The number of hydrogen-bond donors (Lipinski definition) is 1. The van der Waals surface area contributed by atoms with Gasteiger partial charge < -0.3 is 0 Å². The van der Waals surface area contributed by atoms with Crippen molar-refractivity contribution in [2.24, 2.45) is 0 Å². The molecule has 0 amide bonds. The highest BCUT2D eigenvalue weighted by molar-refractivity contribution is 8.00. The second-order valence-corrected chi connectivity index (χ2v) is 8.09. The summed E-state index contributed by atoms with van der Waals surface area (Å²) in [6, 6.07) is 6.13. The van der Waals surface area contributed by atoms with Crippen LogP contribution in [0.5, 0.6) is 0 Å². The second kappa shape index (κ2) is 7.50. The van der Waals surface area contributed by atoms with Gasteiger partial charge in [0.25, 0.3) is 0 Å². The van der Waals surface area contributed by atoms with E-state index in [0.717, 1.165) is 12.8 Å². The molecule has 0 unspecified atom stereocenters. The van der Waals surface area contributed by atoms with Crippen molar-refractivity contribution in [3.8, 4) is 6.07 Å². The number of hydrogen-bond acceptors (Lipinski definition) is 4. The Balaban J connectivity index is 3.05. The molecule has 0 radical (unpaired) electrons. The molecule has 116 valence electrons. The van der Waals surface area contributed by atoms with Crippen molar-refractivity contribution in [2.45, 2.75) is 36.3 Å². The Bertz CT molecular complexity index is 627. The number of nitrogens with one attached hydrogen (secondary N) is 1. The van der Waals surface area contributed by atoms with Crippen LogP contribution in [0.3, 0.4) is 0 Å². The zero-order valence-corrected chi connectivity index (χ0v) is 14.7. The fourth-order valence-corrected chi connectivity index (χ4v) is 4.48. The molecular weight excluding hydrogens is 328 g/mol. The largest absolute Gasteiger partial charge is 0.242 e. The second-order valence-electron chi connectivity index (χ2n) is 4.68. The molecule has 0 saturated carbocycles. The number of nitriles is 1. The lowest BCUT2D eigenvalue weighted by atomic mass is 10.0. The Hall–Kier alpha value is -0.740. The minimum Gasteiger partial charge on any atom is -0.210 e. The van der Waals surface area contributed by atoms with Gasteiger partial charge in [-0.2, -0.15) is 17.0 Å². The fraction of sp³-hybridized carbons (Fsp3) is 0.500. The molecule has 0 fully saturated rings. The Kier molecular flexibility index (Phi) is 6.54. The van der Waals surface area contributed by atoms with E-state index < -0.39 is 10.0 Å². The number of thioether (sulfide) groups is 1. The van der Waals surface area contributed by atoms with Crippen molar-refractivity contribution in [1.29, 1.82) is 5.26 Å². The summed E-state index contributed by atoms with van der Waals surface area (Å²) < 4.78 is 27.3. The molecule has 0 aliphatic heterocycles. The molecule has 1 rings (SSSR count). The lowest BCUT2D eigenvalue weighted by Gasteiger charge is -2.29. The third-order valence-corrected chi connectivity index (χ3v) is 7.13. The molecule has 0 heterocycles. The van der Waals surface area contributed by atoms with Crippen LogP contribution in [0.1, 0.15) is 32.3 Å². The standard InChI is InChI=1S/C14H19ClN2O2S2/c1-4-14(5-2,20-3)10-17-21(18,19)13-8-11(9-16)6-7-12(13)15/h6-8,17H,4-5,10H2,1-3H3. The van der Waals surface area contributed by atoms with Gasteiger partial charge in [-0.25, -0.2) is 13.1 Å². The zero-order chi connectivity index (χ0) is 16.1. The summed E-state index contributed by atoms with van der Waals surface area (Å²) in [5, 5.41) is 9.00. The highest BCUT2D eigenvalue weighted by Crippen LogP contribution is 2.30. The first-order chi connectivity index (χ1) is 9.84. The van der Waals surface area contributed by atoms with E-state index in [4.69, 9.17) is 16.9 Å². The number of nitrogens with zero attached hydrogens (tertiary/aromatic N) is 1. The Morgan fingerprint density at radius 2 is 2.00 bits per heavy atom. The lowest BCUT2D eigenvalue weighted by molar-refractivity contribution is 0.522. The van der Waals surface area contributed by atoms with Gasteiger partial charge in [-0.15, -0.1) is 0 Å². The van der Waals surface area contributed by atoms with E-state index in [1.807, 2.05) is 26.2 Å². The maximum atomic E-state index is 12.4. The van der Waals surface area contributed by atoms with Crippen molar-refractivity contribution in [3.05, 3.63) is 28.8 Å². The van der Waals surface area contributed by atoms with Crippen molar-refractivity contribution in [1.82, 2.24) is 4.72 Å². The summed E-state index contributed by atoms with van der Waals surface area (Å²) >= 11 is 7.61. The van der Waals surface area contributed by atoms with Crippen LogP contribution >= 0.6 is 23.4 Å². The molecule has 1 aromatic carbocycles. The first-order valence-electron chi connectivity index (χ1n) is 6.58. The van der Waals surface area contributed by atoms with Crippen LogP contribution in [0.4, 0.5) is 0 Å².